The van der Waals surface area contributed by atoms with Crippen LogP contribution in [-0.2, 0) is 17.8 Å². The molecule has 0 fully saturated rings. The Hall–Kier alpha value is -0.940. The minimum atomic E-state index is -0.207. The summed E-state index contributed by atoms with van der Waals surface area (Å²) in [5.41, 5.74) is 0. The third kappa shape index (κ3) is 2.60. The highest BCUT2D eigenvalue weighted by molar-refractivity contribution is 4.84. The normalized spacial score (nSPS) is 10.5. The number of rotatable bonds is 5. The second-order valence-corrected chi connectivity index (χ2v) is 2.21. The molecular weight excluding hydrogens is 160 g/mol. The Morgan fingerprint density at radius 1 is 1.58 bits per heavy atom. The number of hydrogen-bond acceptors (Lipinski definition) is 5. The van der Waals surface area contributed by atoms with E-state index in [1.54, 1.807) is 0 Å². The van der Waals surface area contributed by atoms with E-state index in [1.807, 2.05) is 6.92 Å². The minimum Gasteiger partial charge on any atom is -0.387 e. The molecule has 0 aliphatic carbocycles. The molecule has 0 saturated carbocycles. The van der Waals surface area contributed by atoms with Crippen molar-refractivity contribution in [2.24, 2.45) is 0 Å². The van der Waals surface area contributed by atoms with Gasteiger partial charge in [-0.25, -0.2) is 0 Å². The van der Waals surface area contributed by atoms with Crippen molar-refractivity contribution >= 4 is 0 Å². The van der Waals surface area contributed by atoms with Crippen LogP contribution in [0.5, 0.6) is 0 Å². The van der Waals surface area contributed by atoms with Crippen LogP contribution in [0.25, 0.3) is 0 Å². The summed E-state index contributed by atoms with van der Waals surface area (Å²) in [5.74, 6) is 0.828. The molecule has 0 spiro atoms. The number of hydrogen-bond donors (Lipinski definition) is 1. The molecule has 68 valence electrons. The Bertz CT molecular complexity index is 224. The molecule has 0 bridgehead atoms. The van der Waals surface area contributed by atoms with Crippen LogP contribution in [0.15, 0.2) is 4.52 Å². The maximum atomic E-state index is 8.60. The van der Waals surface area contributed by atoms with Crippen LogP contribution in [0.1, 0.15) is 18.6 Å². The third-order valence-corrected chi connectivity index (χ3v) is 1.32. The van der Waals surface area contributed by atoms with Crippen molar-refractivity contribution in [2.45, 2.75) is 20.0 Å². The van der Waals surface area contributed by atoms with Crippen LogP contribution in [0.4, 0.5) is 0 Å². The monoisotopic (exact) mass is 172 g/mol. The lowest BCUT2D eigenvalue weighted by molar-refractivity contribution is 0.149. The lowest BCUT2D eigenvalue weighted by Crippen LogP contribution is -1.99. The first-order valence-corrected chi connectivity index (χ1v) is 3.87. The molecular formula is C7H12N2O3. The summed E-state index contributed by atoms with van der Waals surface area (Å²) >= 11 is 0. The predicted octanol–water partition coefficient (Wildman–Crippen LogP) is 0.141. The van der Waals surface area contributed by atoms with E-state index in [-0.39, 0.29) is 12.5 Å². The molecule has 0 atom stereocenters. The number of aliphatic hydroxyl groups is 1. The van der Waals surface area contributed by atoms with Crippen molar-refractivity contribution in [1.82, 2.24) is 10.1 Å². The molecule has 0 unspecified atom stereocenters. The van der Waals surface area contributed by atoms with Gasteiger partial charge in [-0.1, -0.05) is 5.16 Å². The molecule has 5 nitrogen and oxygen atoms in total. The number of ether oxygens (including phenoxy) is 1. The quantitative estimate of drug-likeness (QED) is 0.640. The standard InChI is InChI=1S/C7H12N2O3/c1-2-11-4-3-6-8-7(5-10)12-9-6/h10H,2-5H2,1H3. The van der Waals surface area contributed by atoms with E-state index in [9.17, 15) is 0 Å². The lowest BCUT2D eigenvalue weighted by atomic mass is 10.4. The molecule has 1 heterocycles. The van der Waals surface area contributed by atoms with Crippen LogP contribution in [0.2, 0.25) is 0 Å². The zero-order valence-corrected chi connectivity index (χ0v) is 6.99. The van der Waals surface area contributed by atoms with Gasteiger partial charge in [0.05, 0.1) is 6.61 Å². The van der Waals surface area contributed by atoms with Crippen molar-refractivity contribution in [3.63, 3.8) is 0 Å². The second kappa shape index (κ2) is 4.84. The van der Waals surface area contributed by atoms with Gasteiger partial charge in [0.25, 0.3) is 5.89 Å². The highest BCUT2D eigenvalue weighted by atomic mass is 16.5. The van der Waals surface area contributed by atoms with Crippen LogP contribution >= 0.6 is 0 Å². The fourth-order valence-corrected chi connectivity index (χ4v) is 0.764. The second-order valence-electron chi connectivity index (χ2n) is 2.21. The van der Waals surface area contributed by atoms with Gasteiger partial charge in [-0.2, -0.15) is 4.98 Å². The van der Waals surface area contributed by atoms with Gasteiger partial charge in [-0.3, -0.25) is 0 Å². The van der Waals surface area contributed by atoms with E-state index < -0.39 is 0 Å². The van der Waals surface area contributed by atoms with Gasteiger partial charge in [0.15, 0.2) is 5.82 Å². The Kier molecular flexibility index (Phi) is 3.69. The van der Waals surface area contributed by atoms with Crippen LogP contribution < -0.4 is 0 Å². The first kappa shape index (κ1) is 9.15. The number of aliphatic hydroxyl groups excluding tert-OH is 1. The van der Waals surface area contributed by atoms with Crippen molar-refractivity contribution in [2.75, 3.05) is 13.2 Å². The molecule has 0 aliphatic heterocycles. The van der Waals surface area contributed by atoms with Crippen LogP contribution in [0.3, 0.4) is 0 Å². The summed E-state index contributed by atoms with van der Waals surface area (Å²) in [6.45, 7) is 2.99. The average molecular weight is 172 g/mol. The predicted molar refractivity (Wildman–Crippen MR) is 40.4 cm³/mol. The smallest absolute Gasteiger partial charge is 0.252 e. The van der Waals surface area contributed by atoms with E-state index in [2.05, 4.69) is 14.7 Å². The summed E-state index contributed by atoms with van der Waals surface area (Å²) in [4.78, 5) is 3.89. The van der Waals surface area contributed by atoms with Crippen LogP contribution in [0, 0.1) is 0 Å². The Balaban J connectivity index is 2.31. The van der Waals surface area contributed by atoms with E-state index in [4.69, 9.17) is 9.84 Å². The van der Waals surface area contributed by atoms with Gasteiger partial charge >= 0.3 is 0 Å². The summed E-state index contributed by atoms with van der Waals surface area (Å²) in [6, 6.07) is 0. The molecule has 1 aromatic heterocycles. The van der Waals surface area contributed by atoms with Gasteiger partial charge in [-0.05, 0) is 6.92 Å². The van der Waals surface area contributed by atoms with Gasteiger partial charge in [-0.15, -0.1) is 0 Å². The summed E-state index contributed by atoms with van der Waals surface area (Å²) < 4.78 is 9.77. The molecule has 5 heteroatoms. The Labute approximate surface area is 70.3 Å². The Morgan fingerprint density at radius 3 is 3.00 bits per heavy atom. The van der Waals surface area contributed by atoms with Crippen molar-refractivity contribution in [3.8, 4) is 0 Å². The maximum absolute atomic E-state index is 8.60. The van der Waals surface area contributed by atoms with Gasteiger partial charge in [0.2, 0.25) is 0 Å². The number of aromatic nitrogens is 2. The van der Waals surface area contributed by atoms with Crippen molar-refractivity contribution in [3.05, 3.63) is 11.7 Å². The summed E-state index contributed by atoms with van der Waals surface area (Å²) in [7, 11) is 0. The van der Waals surface area contributed by atoms with Crippen molar-refractivity contribution < 1.29 is 14.4 Å². The number of nitrogens with zero attached hydrogens (tertiary/aromatic N) is 2. The van der Waals surface area contributed by atoms with Gasteiger partial charge in [0.1, 0.15) is 6.61 Å². The highest BCUT2D eigenvalue weighted by Gasteiger charge is 2.03. The third-order valence-electron chi connectivity index (χ3n) is 1.32. The average Bonchev–Trinajstić information content (AvgIpc) is 2.53. The molecule has 1 N–H and O–H groups in total. The SMILES string of the molecule is CCOCCc1noc(CO)n1. The first-order valence-electron chi connectivity index (χ1n) is 3.87. The van der Waals surface area contributed by atoms with E-state index in [0.717, 1.165) is 0 Å². The topological polar surface area (TPSA) is 68.4 Å². The first-order chi connectivity index (χ1) is 5.86. The molecule has 0 aromatic carbocycles. The van der Waals surface area contributed by atoms with Crippen molar-refractivity contribution in [1.29, 1.82) is 0 Å². The fraction of sp³-hybridized carbons (Fsp3) is 0.714. The van der Waals surface area contributed by atoms with Gasteiger partial charge in [0, 0.05) is 13.0 Å². The molecule has 0 radical (unpaired) electrons. The lowest BCUT2D eigenvalue weighted by Gasteiger charge is -1.94. The van der Waals surface area contributed by atoms with Crippen LogP contribution in [-0.4, -0.2) is 28.5 Å². The summed E-state index contributed by atoms with van der Waals surface area (Å²) in [6.07, 6.45) is 0.622. The molecule has 12 heavy (non-hydrogen) atoms. The largest absolute Gasteiger partial charge is 0.387 e. The van der Waals surface area contributed by atoms with E-state index >= 15 is 0 Å². The Morgan fingerprint density at radius 2 is 2.42 bits per heavy atom. The fourth-order valence-electron chi connectivity index (χ4n) is 0.764. The maximum Gasteiger partial charge on any atom is 0.252 e. The molecule has 0 saturated heterocycles. The zero-order valence-electron chi connectivity index (χ0n) is 6.99. The molecule has 0 amide bonds. The van der Waals surface area contributed by atoms with Gasteiger partial charge < -0.3 is 14.4 Å². The minimum absolute atomic E-state index is 0.207. The highest BCUT2D eigenvalue weighted by Crippen LogP contribution is 1.97. The molecule has 1 aromatic rings. The zero-order chi connectivity index (χ0) is 8.81. The summed E-state index contributed by atoms with van der Waals surface area (Å²) in [5, 5.41) is 12.2. The molecule has 0 aliphatic rings. The molecule has 1 rings (SSSR count). The van der Waals surface area contributed by atoms with E-state index in [0.29, 0.717) is 25.5 Å². The van der Waals surface area contributed by atoms with E-state index in [1.165, 1.54) is 0 Å².